The molecule has 0 aromatic carbocycles. The zero-order valence-corrected chi connectivity index (χ0v) is 9.11. The van der Waals surface area contributed by atoms with Crippen molar-refractivity contribution >= 4 is 5.82 Å². The second-order valence-electron chi connectivity index (χ2n) is 4.28. The predicted molar refractivity (Wildman–Crippen MR) is 61.1 cm³/mol. The maximum absolute atomic E-state index is 5.42. The normalized spacial score (nSPS) is 21.9. The second kappa shape index (κ2) is 4.59. The van der Waals surface area contributed by atoms with E-state index < -0.39 is 0 Å². The van der Waals surface area contributed by atoms with Gasteiger partial charge in [-0.1, -0.05) is 13.0 Å². The third-order valence-electron chi connectivity index (χ3n) is 2.93. The maximum Gasteiger partial charge on any atom is 0.144 e. The van der Waals surface area contributed by atoms with Crippen molar-refractivity contribution in [2.45, 2.75) is 19.9 Å². The SMILES string of the molecule is CC1CCN(Cc2cccnc2NN)C1. The standard InChI is InChI=1S/C11H18N4/c1-9-4-6-15(7-9)8-10-3-2-5-13-11(10)14-12/h2-3,5,9H,4,6-8,12H2,1H3,(H,13,14). The van der Waals surface area contributed by atoms with Crippen LogP contribution < -0.4 is 11.3 Å². The molecule has 3 N–H and O–H groups in total. The van der Waals surface area contributed by atoms with Gasteiger partial charge >= 0.3 is 0 Å². The summed E-state index contributed by atoms with van der Waals surface area (Å²) in [5.41, 5.74) is 3.82. The van der Waals surface area contributed by atoms with Crippen molar-refractivity contribution < 1.29 is 0 Å². The molecule has 82 valence electrons. The third kappa shape index (κ3) is 2.46. The first-order valence-electron chi connectivity index (χ1n) is 5.42. The van der Waals surface area contributed by atoms with Gasteiger partial charge in [-0.15, -0.1) is 0 Å². The Kier molecular flexibility index (Phi) is 3.18. The summed E-state index contributed by atoms with van der Waals surface area (Å²) in [5.74, 6) is 7.03. The molecule has 0 bridgehead atoms. The summed E-state index contributed by atoms with van der Waals surface area (Å²) < 4.78 is 0. The number of pyridine rings is 1. The van der Waals surface area contributed by atoms with Crippen molar-refractivity contribution in [2.24, 2.45) is 11.8 Å². The van der Waals surface area contributed by atoms with Crippen LogP contribution in [0.4, 0.5) is 5.82 Å². The van der Waals surface area contributed by atoms with Gasteiger partial charge in [0.05, 0.1) is 0 Å². The van der Waals surface area contributed by atoms with E-state index in [0.717, 1.165) is 18.3 Å². The van der Waals surface area contributed by atoms with Crippen LogP contribution in [0.5, 0.6) is 0 Å². The van der Waals surface area contributed by atoms with Gasteiger partial charge in [0.1, 0.15) is 5.82 Å². The number of hydrogen-bond donors (Lipinski definition) is 2. The van der Waals surface area contributed by atoms with Crippen molar-refractivity contribution in [3.05, 3.63) is 23.9 Å². The van der Waals surface area contributed by atoms with Crippen LogP contribution in [0.25, 0.3) is 0 Å². The van der Waals surface area contributed by atoms with Crippen LogP contribution in [0.2, 0.25) is 0 Å². The van der Waals surface area contributed by atoms with Gasteiger partial charge in [-0.3, -0.25) is 4.90 Å². The zero-order chi connectivity index (χ0) is 10.7. The van der Waals surface area contributed by atoms with E-state index in [0.29, 0.717) is 0 Å². The lowest BCUT2D eigenvalue weighted by molar-refractivity contribution is 0.320. The summed E-state index contributed by atoms with van der Waals surface area (Å²) in [4.78, 5) is 6.64. The average Bonchev–Trinajstić information content (AvgIpc) is 2.65. The Labute approximate surface area is 90.5 Å². The predicted octanol–water partition coefficient (Wildman–Crippen LogP) is 1.21. The Morgan fingerprint density at radius 3 is 3.20 bits per heavy atom. The van der Waals surface area contributed by atoms with Gasteiger partial charge in [-0.05, 0) is 24.9 Å². The first-order chi connectivity index (χ1) is 7.29. The molecule has 1 unspecified atom stereocenters. The minimum absolute atomic E-state index is 0.789. The van der Waals surface area contributed by atoms with Crippen molar-refractivity contribution in [2.75, 3.05) is 18.5 Å². The third-order valence-corrected chi connectivity index (χ3v) is 2.93. The fourth-order valence-corrected chi connectivity index (χ4v) is 2.11. The molecule has 4 nitrogen and oxygen atoms in total. The molecule has 15 heavy (non-hydrogen) atoms. The number of hydrazine groups is 1. The minimum atomic E-state index is 0.789. The quantitative estimate of drug-likeness (QED) is 0.576. The lowest BCUT2D eigenvalue weighted by Gasteiger charge is -2.16. The number of nitrogen functional groups attached to an aromatic ring is 1. The van der Waals surface area contributed by atoms with Gasteiger partial charge in [0.2, 0.25) is 0 Å². The first kappa shape index (κ1) is 10.4. The van der Waals surface area contributed by atoms with Crippen LogP contribution in [0.15, 0.2) is 18.3 Å². The molecular weight excluding hydrogens is 188 g/mol. The number of aromatic nitrogens is 1. The fraction of sp³-hybridized carbons (Fsp3) is 0.545. The van der Waals surface area contributed by atoms with E-state index in [9.17, 15) is 0 Å². The second-order valence-corrected chi connectivity index (χ2v) is 4.28. The minimum Gasteiger partial charge on any atom is -0.308 e. The fourth-order valence-electron chi connectivity index (χ4n) is 2.11. The van der Waals surface area contributed by atoms with E-state index in [1.165, 1.54) is 25.1 Å². The van der Waals surface area contributed by atoms with Gasteiger partial charge in [-0.2, -0.15) is 0 Å². The lowest BCUT2D eigenvalue weighted by Crippen LogP contribution is -2.21. The van der Waals surface area contributed by atoms with E-state index in [1.54, 1.807) is 6.20 Å². The van der Waals surface area contributed by atoms with Crippen LogP contribution >= 0.6 is 0 Å². The number of likely N-dealkylation sites (tertiary alicyclic amines) is 1. The van der Waals surface area contributed by atoms with Crippen molar-refractivity contribution in [3.8, 4) is 0 Å². The molecule has 1 saturated heterocycles. The summed E-state index contributed by atoms with van der Waals surface area (Å²) in [6.07, 6.45) is 3.05. The summed E-state index contributed by atoms with van der Waals surface area (Å²) in [7, 11) is 0. The number of nitrogens with one attached hydrogen (secondary N) is 1. The Balaban J connectivity index is 2.04. The zero-order valence-electron chi connectivity index (χ0n) is 9.11. The molecule has 0 spiro atoms. The number of nitrogens with zero attached hydrogens (tertiary/aromatic N) is 2. The van der Waals surface area contributed by atoms with Crippen molar-refractivity contribution in [3.63, 3.8) is 0 Å². The van der Waals surface area contributed by atoms with Crippen LogP contribution in [0.3, 0.4) is 0 Å². The first-order valence-corrected chi connectivity index (χ1v) is 5.42. The Morgan fingerprint density at radius 1 is 1.67 bits per heavy atom. The molecule has 1 aliphatic heterocycles. The highest BCUT2D eigenvalue weighted by Crippen LogP contribution is 2.20. The van der Waals surface area contributed by atoms with E-state index in [-0.39, 0.29) is 0 Å². The number of anilines is 1. The maximum atomic E-state index is 5.42. The molecule has 0 radical (unpaired) electrons. The van der Waals surface area contributed by atoms with E-state index in [2.05, 4.69) is 28.3 Å². The topological polar surface area (TPSA) is 54.2 Å². The van der Waals surface area contributed by atoms with Crippen LogP contribution in [0.1, 0.15) is 18.9 Å². The summed E-state index contributed by atoms with van der Waals surface area (Å²) in [5, 5.41) is 0. The molecule has 0 amide bonds. The van der Waals surface area contributed by atoms with E-state index in [1.807, 2.05) is 6.07 Å². The molecule has 1 aromatic heterocycles. The van der Waals surface area contributed by atoms with Gasteiger partial charge < -0.3 is 5.43 Å². The molecule has 0 aliphatic carbocycles. The number of nitrogens with two attached hydrogens (primary N) is 1. The highest BCUT2D eigenvalue weighted by Gasteiger charge is 2.19. The highest BCUT2D eigenvalue weighted by molar-refractivity contribution is 5.42. The largest absolute Gasteiger partial charge is 0.308 e. The average molecular weight is 206 g/mol. The van der Waals surface area contributed by atoms with Crippen LogP contribution in [-0.2, 0) is 6.54 Å². The summed E-state index contributed by atoms with van der Waals surface area (Å²) >= 11 is 0. The summed E-state index contributed by atoms with van der Waals surface area (Å²) in [6.45, 7) is 5.60. The molecule has 1 aliphatic rings. The molecular formula is C11H18N4. The molecule has 1 fully saturated rings. The molecule has 2 heterocycles. The lowest BCUT2D eigenvalue weighted by atomic mass is 10.2. The Hall–Kier alpha value is -1.13. The molecule has 1 aromatic rings. The monoisotopic (exact) mass is 206 g/mol. The van der Waals surface area contributed by atoms with Crippen LogP contribution in [-0.4, -0.2) is 23.0 Å². The smallest absolute Gasteiger partial charge is 0.144 e. The van der Waals surface area contributed by atoms with Crippen molar-refractivity contribution in [1.82, 2.24) is 9.88 Å². The van der Waals surface area contributed by atoms with Crippen LogP contribution in [0, 0.1) is 5.92 Å². The van der Waals surface area contributed by atoms with Gasteiger partial charge in [0.25, 0.3) is 0 Å². The highest BCUT2D eigenvalue weighted by atomic mass is 15.3. The molecule has 2 rings (SSSR count). The number of hydrogen-bond acceptors (Lipinski definition) is 4. The van der Waals surface area contributed by atoms with E-state index >= 15 is 0 Å². The van der Waals surface area contributed by atoms with Gasteiger partial charge in [0.15, 0.2) is 0 Å². The Bertz CT molecular complexity index is 326. The van der Waals surface area contributed by atoms with E-state index in [4.69, 9.17) is 5.84 Å². The van der Waals surface area contributed by atoms with Crippen molar-refractivity contribution in [1.29, 1.82) is 0 Å². The number of rotatable bonds is 3. The molecule has 4 heteroatoms. The molecule has 0 saturated carbocycles. The van der Waals surface area contributed by atoms with Gasteiger partial charge in [0, 0.05) is 24.8 Å². The molecule has 1 atom stereocenters. The van der Waals surface area contributed by atoms with Gasteiger partial charge in [-0.25, -0.2) is 10.8 Å². The summed E-state index contributed by atoms with van der Waals surface area (Å²) in [6, 6.07) is 4.03. The Morgan fingerprint density at radius 2 is 2.53 bits per heavy atom.